The maximum Gasteiger partial charge on any atom is 0.175 e. The Labute approximate surface area is 76.4 Å². The summed E-state index contributed by atoms with van der Waals surface area (Å²) in [4.78, 5) is 11.6. The van der Waals surface area contributed by atoms with Crippen LogP contribution in [-0.2, 0) is 14.3 Å². The molecule has 1 spiro atoms. The second-order valence-electron chi connectivity index (χ2n) is 4.72. The van der Waals surface area contributed by atoms with Crippen molar-refractivity contribution in [2.24, 2.45) is 23.7 Å². The molecule has 0 aromatic rings. The Morgan fingerprint density at radius 2 is 1.62 bits per heavy atom. The van der Waals surface area contributed by atoms with E-state index < -0.39 is 0 Å². The Hall–Kier alpha value is -0.410. The van der Waals surface area contributed by atoms with Crippen LogP contribution in [0.3, 0.4) is 0 Å². The van der Waals surface area contributed by atoms with E-state index in [9.17, 15) is 4.79 Å². The number of hydrogen-bond donors (Lipinski definition) is 0. The second kappa shape index (κ2) is 1.84. The van der Waals surface area contributed by atoms with Crippen LogP contribution in [0.5, 0.6) is 0 Å². The van der Waals surface area contributed by atoms with E-state index in [1.165, 1.54) is 0 Å². The van der Waals surface area contributed by atoms with Gasteiger partial charge in [0, 0.05) is 23.7 Å². The first-order valence-corrected chi connectivity index (χ1v) is 5.14. The summed E-state index contributed by atoms with van der Waals surface area (Å²) in [6.07, 6.45) is 2.04. The van der Waals surface area contributed by atoms with E-state index in [4.69, 9.17) is 9.47 Å². The van der Waals surface area contributed by atoms with E-state index in [1.54, 1.807) is 0 Å². The van der Waals surface area contributed by atoms with Gasteiger partial charge in [-0.15, -0.1) is 0 Å². The highest BCUT2D eigenvalue weighted by molar-refractivity contribution is 5.90. The number of rotatable bonds is 0. The zero-order valence-corrected chi connectivity index (χ0v) is 7.36. The monoisotopic (exact) mass is 180 g/mol. The van der Waals surface area contributed by atoms with Crippen molar-refractivity contribution in [3.8, 4) is 0 Å². The molecule has 3 nitrogen and oxygen atoms in total. The van der Waals surface area contributed by atoms with Crippen molar-refractivity contribution in [2.75, 3.05) is 13.2 Å². The van der Waals surface area contributed by atoms with Crippen LogP contribution >= 0.6 is 0 Å². The molecule has 70 valence electrons. The Bertz CT molecular complexity index is 271. The Morgan fingerprint density at radius 1 is 1.08 bits per heavy atom. The molecular weight excluding hydrogens is 168 g/mol. The first-order chi connectivity index (χ1) is 6.33. The van der Waals surface area contributed by atoms with E-state index in [2.05, 4.69) is 0 Å². The van der Waals surface area contributed by atoms with E-state index >= 15 is 0 Å². The maximum atomic E-state index is 11.6. The van der Waals surface area contributed by atoms with Crippen LogP contribution in [0.25, 0.3) is 0 Å². The van der Waals surface area contributed by atoms with Crippen LogP contribution in [-0.4, -0.2) is 24.8 Å². The molecule has 4 atom stereocenters. The van der Waals surface area contributed by atoms with Crippen molar-refractivity contribution < 1.29 is 14.3 Å². The fourth-order valence-electron chi connectivity index (χ4n) is 3.33. The zero-order chi connectivity index (χ0) is 8.63. The average molecular weight is 180 g/mol. The van der Waals surface area contributed by atoms with Crippen LogP contribution < -0.4 is 0 Å². The maximum absolute atomic E-state index is 11.6. The summed E-state index contributed by atoms with van der Waals surface area (Å²) in [7, 11) is 0. The summed E-state index contributed by atoms with van der Waals surface area (Å²) >= 11 is 0. The van der Waals surface area contributed by atoms with Crippen LogP contribution in [0.1, 0.15) is 12.8 Å². The molecule has 0 aromatic carbocycles. The normalized spacial score (nSPS) is 54.6. The van der Waals surface area contributed by atoms with Gasteiger partial charge in [0.05, 0.1) is 13.2 Å². The number of carbonyl (C=O) groups excluding carboxylic acids is 1. The summed E-state index contributed by atoms with van der Waals surface area (Å²) in [6.45, 7) is 1.45. The zero-order valence-electron chi connectivity index (χ0n) is 7.36. The van der Waals surface area contributed by atoms with Gasteiger partial charge in [0.2, 0.25) is 0 Å². The van der Waals surface area contributed by atoms with Crippen LogP contribution in [0, 0.1) is 23.7 Å². The number of ether oxygens (including phenoxy) is 2. The number of Topliss-reactive ketones (excluding diaryl/α,β-unsaturated/α-hetero) is 1. The summed E-state index contributed by atoms with van der Waals surface area (Å²) in [5.74, 6) is 1.60. The van der Waals surface area contributed by atoms with Crippen molar-refractivity contribution in [1.82, 2.24) is 0 Å². The van der Waals surface area contributed by atoms with Crippen molar-refractivity contribution in [2.45, 2.75) is 18.6 Å². The van der Waals surface area contributed by atoms with Gasteiger partial charge < -0.3 is 9.47 Å². The van der Waals surface area contributed by atoms with Crippen LogP contribution in [0.4, 0.5) is 0 Å². The third-order valence-corrected chi connectivity index (χ3v) is 4.08. The lowest BCUT2D eigenvalue weighted by molar-refractivity contribution is -0.200. The third kappa shape index (κ3) is 0.647. The van der Waals surface area contributed by atoms with Gasteiger partial charge in [-0.3, -0.25) is 4.79 Å². The van der Waals surface area contributed by atoms with Gasteiger partial charge in [-0.25, -0.2) is 0 Å². The molecule has 3 heteroatoms. The van der Waals surface area contributed by atoms with Gasteiger partial charge in [0.1, 0.15) is 5.78 Å². The molecule has 4 rings (SSSR count). The third-order valence-electron chi connectivity index (χ3n) is 4.08. The van der Waals surface area contributed by atoms with Gasteiger partial charge in [-0.1, -0.05) is 0 Å². The SMILES string of the molecule is O=C1[C@H]2C[C@@H]2C2(OCCO2)[C@H]2C[C@@H]12. The van der Waals surface area contributed by atoms with Crippen molar-refractivity contribution in [3.05, 3.63) is 0 Å². The second-order valence-corrected chi connectivity index (χ2v) is 4.72. The largest absolute Gasteiger partial charge is 0.347 e. The first kappa shape index (κ1) is 6.96. The molecule has 0 radical (unpaired) electrons. The minimum atomic E-state index is -0.302. The fraction of sp³-hybridized carbons (Fsp3) is 0.900. The molecule has 4 aliphatic rings. The lowest BCUT2D eigenvalue weighted by Gasteiger charge is -2.30. The smallest absolute Gasteiger partial charge is 0.175 e. The Kier molecular flexibility index (Phi) is 0.984. The van der Waals surface area contributed by atoms with Crippen LogP contribution in [0.2, 0.25) is 0 Å². The number of fused-ring (bicyclic) bond motifs is 4. The lowest BCUT2D eigenvalue weighted by Crippen LogP contribution is -2.41. The highest BCUT2D eigenvalue weighted by Gasteiger charge is 2.74. The highest BCUT2D eigenvalue weighted by atomic mass is 16.7. The highest BCUT2D eigenvalue weighted by Crippen LogP contribution is 2.68. The van der Waals surface area contributed by atoms with Gasteiger partial charge in [-0.2, -0.15) is 0 Å². The van der Waals surface area contributed by atoms with Crippen LogP contribution in [0.15, 0.2) is 0 Å². The van der Waals surface area contributed by atoms with Gasteiger partial charge >= 0.3 is 0 Å². The Balaban J connectivity index is 1.76. The predicted molar refractivity (Wildman–Crippen MR) is 42.8 cm³/mol. The molecule has 0 aromatic heterocycles. The van der Waals surface area contributed by atoms with Gasteiger partial charge in [0.15, 0.2) is 5.79 Å². The quantitative estimate of drug-likeness (QED) is 0.547. The molecular formula is C10H12O3. The van der Waals surface area contributed by atoms with Gasteiger partial charge in [0.25, 0.3) is 0 Å². The van der Waals surface area contributed by atoms with E-state index in [1.807, 2.05) is 0 Å². The topological polar surface area (TPSA) is 35.5 Å². The molecule has 13 heavy (non-hydrogen) atoms. The average Bonchev–Trinajstić information content (AvgIpc) is 3.02. The number of hydrogen-bond acceptors (Lipinski definition) is 3. The fourth-order valence-corrected chi connectivity index (χ4v) is 3.33. The summed E-state index contributed by atoms with van der Waals surface area (Å²) in [5, 5.41) is 0. The lowest BCUT2D eigenvalue weighted by atomic mass is 9.93. The van der Waals surface area contributed by atoms with E-state index in [-0.39, 0.29) is 5.79 Å². The Morgan fingerprint density at radius 3 is 2.15 bits per heavy atom. The molecule has 0 bridgehead atoms. The van der Waals surface area contributed by atoms with E-state index in [0.29, 0.717) is 29.5 Å². The number of carbonyl (C=O) groups is 1. The minimum Gasteiger partial charge on any atom is -0.347 e. The molecule has 3 aliphatic carbocycles. The molecule has 1 saturated heterocycles. The molecule has 4 fully saturated rings. The molecule has 0 N–H and O–H groups in total. The first-order valence-electron chi connectivity index (χ1n) is 5.14. The molecule has 0 amide bonds. The molecule has 1 aliphatic heterocycles. The summed E-state index contributed by atoms with van der Waals surface area (Å²) in [6, 6.07) is 0. The predicted octanol–water partition coefficient (Wildman–Crippen LogP) is 0.584. The standard InChI is InChI=1S/C10H12O3/c11-9-5-3-7(5)10(8-4-6(8)9)12-1-2-13-10/h5-8H,1-4H2/t5-,6+,7-,8-/m0/s1. The van der Waals surface area contributed by atoms with Crippen molar-refractivity contribution in [3.63, 3.8) is 0 Å². The molecule has 1 heterocycles. The minimum absolute atomic E-state index is 0.293. The van der Waals surface area contributed by atoms with Crippen molar-refractivity contribution >= 4 is 5.78 Å². The molecule has 0 unspecified atom stereocenters. The summed E-state index contributed by atoms with van der Waals surface area (Å²) in [5.41, 5.74) is 0. The molecule has 3 saturated carbocycles. The van der Waals surface area contributed by atoms with Crippen molar-refractivity contribution in [1.29, 1.82) is 0 Å². The summed E-state index contributed by atoms with van der Waals surface area (Å²) < 4.78 is 11.5. The van der Waals surface area contributed by atoms with E-state index in [0.717, 1.165) is 26.1 Å². The van der Waals surface area contributed by atoms with Gasteiger partial charge in [-0.05, 0) is 12.8 Å². The number of ketones is 1.